The first-order valence-corrected chi connectivity index (χ1v) is 9.08. The summed E-state index contributed by atoms with van der Waals surface area (Å²) < 4.78 is 19.5. The second kappa shape index (κ2) is 6.30. The molecule has 3 heterocycles. The van der Waals surface area contributed by atoms with Gasteiger partial charge in [-0.15, -0.1) is 0 Å². The summed E-state index contributed by atoms with van der Waals surface area (Å²) in [7, 11) is 0. The maximum absolute atomic E-state index is 13.6. The highest BCUT2D eigenvalue weighted by atomic mass is 19.1. The van der Waals surface area contributed by atoms with Gasteiger partial charge >= 0.3 is 5.97 Å². The minimum Gasteiger partial charge on any atom is -0.478 e. The Hall–Kier alpha value is -3.48. The second-order valence-corrected chi connectivity index (χ2v) is 6.89. The molecular formula is C21H16FN3O3. The highest BCUT2D eigenvalue weighted by molar-refractivity contribution is 5.94. The Morgan fingerprint density at radius 1 is 1.04 bits per heavy atom. The fraction of sp³-hybridized carbons (Fsp3) is 0.190. The summed E-state index contributed by atoms with van der Waals surface area (Å²) in [6, 6.07) is 10.8. The van der Waals surface area contributed by atoms with Crippen LogP contribution in [0.5, 0.6) is 0 Å². The lowest BCUT2D eigenvalue weighted by molar-refractivity contribution is 0.0697. The molecule has 6 nitrogen and oxygen atoms in total. The van der Waals surface area contributed by atoms with Gasteiger partial charge in [-0.05, 0) is 55.3 Å². The number of fused-ring (bicyclic) bond motifs is 2. The Morgan fingerprint density at radius 3 is 2.64 bits per heavy atom. The Bertz CT molecular complexity index is 1230. The zero-order valence-electron chi connectivity index (χ0n) is 14.9. The van der Waals surface area contributed by atoms with Crippen molar-refractivity contribution in [3.8, 4) is 11.5 Å². The van der Waals surface area contributed by atoms with E-state index in [1.165, 1.54) is 24.3 Å². The number of aromatic nitrogens is 2. The molecule has 0 amide bonds. The number of nitrogens with zero attached hydrogens (tertiary/aromatic N) is 3. The SMILES string of the molecule is O=C(O)c1ccc2nc(-c3cc4cc(F)ccc4o3)c(N3CCCC3)nc2c1. The van der Waals surface area contributed by atoms with Crippen LogP contribution in [0.2, 0.25) is 0 Å². The number of hydrogen-bond acceptors (Lipinski definition) is 5. The predicted octanol–water partition coefficient (Wildman–Crippen LogP) is 4.48. The summed E-state index contributed by atoms with van der Waals surface area (Å²) in [6.07, 6.45) is 2.11. The van der Waals surface area contributed by atoms with Gasteiger partial charge in [-0.1, -0.05) is 0 Å². The summed E-state index contributed by atoms with van der Waals surface area (Å²) in [5.74, 6) is -0.161. The molecule has 0 radical (unpaired) electrons. The van der Waals surface area contributed by atoms with Gasteiger partial charge in [-0.2, -0.15) is 0 Å². The van der Waals surface area contributed by atoms with Crippen LogP contribution in [-0.2, 0) is 0 Å². The van der Waals surface area contributed by atoms with E-state index >= 15 is 0 Å². The van der Waals surface area contributed by atoms with Gasteiger partial charge in [-0.3, -0.25) is 0 Å². The van der Waals surface area contributed by atoms with Crippen molar-refractivity contribution >= 4 is 33.8 Å². The Balaban J connectivity index is 1.73. The van der Waals surface area contributed by atoms with Crippen molar-refractivity contribution in [2.45, 2.75) is 12.8 Å². The number of anilines is 1. The topological polar surface area (TPSA) is 79.5 Å². The van der Waals surface area contributed by atoms with Crippen LogP contribution in [0.4, 0.5) is 10.2 Å². The van der Waals surface area contributed by atoms with Gasteiger partial charge in [0.25, 0.3) is 0 Å². The Morgan fingerprint density at radius 2 is 1.86 bits per heavy atom. The van der Waals surface area contributed by atoms with Crippen LogP contribution >= 0.6 is 0 Å². The minimum absolute atomic E-state index is 0.168. The van der Waals surface area contributed by atoms with E-state index in [1.54, 1.807) is 18.2 Å². The lowest BCUT2D eigenvalue weighted by Gasteiger charge is -2.19. The average molecular weight is 377 g/mol. The van der Waals surface area contributed by atoms with Crippen molar-refractivity contribution < 1.29 is 18.7 Å². The van der Waals surface area contributed by atoms with Crippen LogP contribution in [0, 0.1) is 5.82 Å². The molecule has 0 saturated carbocycles. The zero-order chi connectivity index (χ0) is 19.3. The van der Waals surface area contributed by atoms with Gasteiger partial charge in [0.05, 0.1) is 16.6 Å². The fourth-order valence-corrected chi connectivity index (χ4v) is 3.62. The van der Waals surface area contributed by atoms with Crippen molar-refractivity contribution in [3.63, 3.8) is 0 Å². The maximum atomic E-state index is 13.6. The summed E-state index contributed by atoms with van der Waals surface area (Å²) in [5, 5.41) is 9.91. The molecule has 1 saturated heterocycles. The van der Waals surface area contributed by atoms with E-state index < -0.39 is 5.97 Å². The van der Waals surface area contributed by atoms with Crippen LogP contribution in [0.25, 0.3) is 33.5 Å². The summed E-state index contributed by atoms with van der Waals surface area (Å²) in [6.45, 7) is 1.70. The molecule has 4 aromatic rings. The first-order chi connectivity index (χ1) is 13.6. The Kier molecular flexibility index (Phi) is 3.75. The molecule has 2 aromatic heterocycles. The number of carboxylic acid groups (broad SMARTS) is 1. The molecule has 2 aromatic carbocycles. The average Bonchev–Trinajstić information content (AvgIpc) is 3.35. The van der Waals surface area contributed by atoms with E-state index in [9.17, 15) is 14.3 Å². The van der Waals surface area contributed by atoms with Crippen LogP contribution in [0.15, 0.2) is 46.9 Å². The molecule has 1 aliphatic rings. The van der Waals surface area contributed by atoms with Crippen LogP contribution in [0.3, 0.4) is 0 Å². The lowest BCUT2D eigenvalue weighted by Crippen LogP contribution is -2.20. The largest absolute Gasteiger partial charge is 0.478 e. The quantitative estimate of drug-likeness (QED) is 0.567. The van der Waals surface area contributed by atoms with Crippen LogP contribution in [0.1, 0.15) is 23.2 Å². The number of halogens is 1. The van der Waals surface area contributed by atoms with Gasteiger partial charge in [0.2, 0.25) is 0 Å². The number of hydrogen-bond donors (Lipinski definition) is 1. The molecule has 1 aliphatic heterocycles. The molecule has 5 rings (SSSR count). The third-order valence-electron chi connectivity index (χ3n) is 5.01. The van der Waals surface area contributed by atoms with E-state index in [0.717, 1.165) is 25.9 Å². The number of carboxylic acids is 1. The standard InChI is InChI=1S/C21H16FN3O3/c22-14-4-6-17-13(9-14)11-18(28-17)19-20(25-7-1-2-8-25)24-16-10-12(21(26)27)3-5-15(16)23-19/h3-6,9-11H,1-2,7-8H2,(H,26,27). The number of furan rings is 1. The van der Waals surface area contributed by atoms with Gasteiger partial charge in [-0.25, -0.2) is 19.2 Å². The number of aromatic carboxylic acids is 1. The van der Waals surface area contributed by atoms with E-state index in [1.807, 2.05) is 0 Å². The molecule has 1 N–H and O–H groups in total. The fourth-order valence-electron chi connectivity index (χ4n) is 3.62. The maximum Gasteiger partial charge on any atom is 0.335 e. The highest BCUT2D eigenvalue weighted by Crippen LogP contribution is 2.35. The second-order valence-electron chi connectivity index (χ2n) is 6.89. The molecule has 0 bridgehead atoms. The van der Waals surface area contributed by atoms with Gasteiger partial charge < -0.3 is 14.4 Å². The molecule has 28 heavy (non-hydrogen) atoms. The predicted molar refractivity (Wildman–Crippen MR) is 103 cm³/mol. The molecule has 0 atom stereocenters. The molecule has 1 fully saturated rings. The normalized spacial score (nSPS) is 14.2. The van der Waals surface area contributed by atoms with E-state index in [0.29, 0.717) is 39.3 Å². The first kappa shape index (κ1) is 16.7. The van der Waals surface area contributed by atoms with E-state index in [4.69, 9.17) is 14.4 Å². The summed E-state index contributed by atoms with van der Waals surface area (Å²) in [4.78, 5) is 22.9. The van der Waals surface area contributed by atoms with Crippen molar-refractivity contribution in [1.29, 1.82) is 0 Å². The smallest absolute Gasteiger partial charge is 0.335 e. The third kappa shape index (κ3) is 2.76. The highest BCUT2D eigenvalue weighted by Gasteiger charge is 2.23. The van der Waals surface area contributed by atoms with E-state index in [-0.39, 0.29) is 11.4 Å². The molecular weight excluding hydrogens is 361 g/mol. The number of benzene rings is 2. The van der Waals surface area contributed by atoms with Crippen molar-refractivity contribution in [3.05, 3.63) is 53.8 Å². The van der Waals surface area contributed by atoms with Crippen molar-refractivity contribution in [2.24, 2.45) is 0 Å². The molecule has 140 valence electrons. The van der Waals surface area contributed by atoms with Crippen molar-refractivity contribution in [2.75, 3.05) is 18.0 Å². The van der Waals surface area contributed by atoms with Crippen molar-refractivity contribution in [1.82, 2.24) is 9.97 Å². The summed E-state index contributed by atoms with van der Waals surface area (Å²) in [5.41, 5.74) is 2.42. The van der Waals surface area contributed by atoms with Crippen LogP contribution < -0.4 is 4.90 Å². The lowest BCUT2D eigenvalue weighted by atomic mass is 10.1. The zero-order valence-corrected chi connectivity index (χ0v) is 14.9. The van der Waals surface area contributed by atoms with Gasteiger partial charge in [0.1, 0.15) is 17.1 Å². The monoisotopic (exact) mass is 377 g/mol. The van der Waals surface area contributed by atoms with Gasteiger partial charge in [0, 0.05) is 18.5 Å². The Labute approximate surface area is 159 Å². The third-order valence-corrected chi connectivity index (χ3v) is 5.01. The van der Waals surface area contributed by atoms with Gasteiger partial charge in [0.15, 0.2) is 11.6 Å². The first-order valence-electron chi connectivity index (χ1n) is 9.08. The molecule has 0 spiro atoms. The van der Waals surface area contributed by atoms with Crippen LogP contribution in [-0.4, -0.2) is 34.1 Å². The summed E-state index contributed by atoms with van der Waals surface area (Å²) >= 11 is 0. The molecule has 0 aliphatic carbocycles. The molecule has 7 heteroatoms. The number of rotatable bonds is 3. The number of carbonyl (C=O) groups is 1. The molecule has 0 unspecified atom stereocenters. The van der Waals surface area contributed by atoms with E-state index in [2.05, 4.69) is 4.90 Å². The minimum atomic E-state index is -1.00.